The third kappa shape index (κ3) is 3.46. The monoisotopic (exact) mass is 536 g/mol. The standard InChI is InChI=1S/C40H24S/c1-2-10-33-31(8-1)32-9-3-4-11-34(32)38-24-28(20-21-35(33)38)26-16-17-27-23-29(19-18-25(27)22-26)30-13-7-14-37-36-12-5-6-15-39(36)41-40(30)37/h1-24H. The zero-order chi connectivity index (χ0) is 26.9. The SMILES string of the molecule is c1ccc2c(c1)sc1c(-c3ccc4cc(-c5ccc6c7ccccc7c7ccccc7c6c5)ccc4c3)cccc12. The highest BCUT2D eigenvalue weighted by Gasteiger charge is 2.12. The van der Waals surface area contributed by atoms with Gasteiger partial charge in [0.2, 0.25) is 0 Å². The summed E-state index contributed by atoms with van der Waals surface area (Å²) in [6.45, 7) is 0. The lowest BCUT2D eigenvalue weighted by atomic mass is 9.91. The zero-order valence-electron chi connectivity index (χ0n) is 22.3. The van der Waals surface area contributed by atoms with E-state index in [-0.39, 0.29) is 0 Å². The maximum absolute atomic E-state index is 2.38. The summed E-state index contributed by atoms with van der Waals surface area (Å²) in [6, 6.07) is 53.7. The van der Waals surface area contributed by atoms with Gasteiger partial charge in [0.15, 0.2) is 0 Å². The third-order valence-corrected chi connectivity index (χ3v) is 9.85. The second-order valence-corrected chi connectivity index (χ2v) is 12.0. The van der Waals surface area contributed by atoms with Crippen LogP contribution in [0, 0.1) is 0 Å². The lowest BCUT2D eigenvalue weighted by Crippen LogP contribution is -1.85. The van der Waals surface area contributed by atoms with E-state index in [2.05, 4.69) is 146 Å². The van der Waals surface area contributed by atoms with Crippen molar-refractivity contribution in [2.75, 3.05) is 0 Å². The molecular formula is C40H24S. The fraction of sp³-hybridized carbons (Fsp3) is 0. The smallest absolute Gasteiger partial charge is 0.0433 e. The van der Waals surface area contributed by atoms with Gasteiger partial charge in [0.05, 0.1) is 0 Å². The van der Waals surface area contributed by atoms with Gasteiger partial charge >= 0.3 is 0 Å². The Morgan fingerprint density at radius 1 is 0.317 bits per heavy atom. The highest BCUT2D eigenvalue weighted by Crippen LogP contribution is 2.41. The summed E-state index contributed by atoms with van der Waals surface area (Å²) in [5, 5.41) is 13.1. The molecular weight excluding hydrogens is 513 g/mol. The molecule has 0 atom stereocenters. The van der Waals surface area contributed by atoms with Crippen LogP contribution < -0.4 is 0 Å². The van der Waals surface area contributed by atoms with Gasteiger partial charge in [0.1, 0.15) is 0 Å². The average Bonchev–Trinajstić information content (AvgIpc) is 3.43. The van der Waals surface area contributed by atoms with Crippen molar-refractivity contribution in [3.8, 4) is 22.3 Å². The van der Waals surface area contributed by atoms with Crippen molar-refractivity contribution in [1.82, 2.24) is 0 Å². The maximum atomic E-state index is 2.38. The quantitative estimate of drug-likeness (QED) is 0.193. The van der Waals surface area contributed by atoms with Crippen LogP contribution in [0.5, 0.6) is 0 Å². The van der Waals surface area contributed by atoms with Crippen LogP contribution in [0.2, 0.25) is 0 Å². The van der Waals surface area contributed by atoms with Crippen LogP contribution in [0.3, 0.4) is 0 Å². The van der Waals surface area contributed by atoms with Crippen molar-refractivity contribution < 1.29 is 0 Å². The van der Waals surface area contributed by atoms with Gasteiger partial charge in [-0.1, -0.05) is 121 Å². The van der Waals surface area contributed by atoms with E-state index in [0.717, 1.165) is 0 Å². The lowest BCUT2D eigenvalue weighted by molar-refractivity contribution is 1.67. The van der Waals surface area contributed by atoms with Gasteiger partial charge in [0, 0.05) is 20.2 Å². The van der Waals surface area contributed by atoms with E-state index in [1.54, 1.807) is 0 Å². The van der Waals surface area contributed by atoms with E-state index >= 15 is 0 Å². The predicted octanol–water partition coefficient (Wildman–Crippen LogP) is 12.0. The van der Waals surface area contributed by atoms with Gasteiger partial charge in [-0.25, -0.2) is 0 Å². The Bertz CT molecular complexity index is 2440. The Morgan fingerprint density at radius 3 is 1.56 bits per heavy atom. The van der Waals surface area contributed by atoms with Crippen LogP contribution in [0.4, 0.5) is 0 Å². The molecule has 1 aromatic heterocycles. The van der Waals surface area contributed by atoms with E-state index in [1.165, 1.54) is 85.5 Å². The third-order valence-electron chi connectivity index (χ3n) is 8.63. The first-order valence-corrected chi connectivity index (χ1v) is 14.9. The molecule has 0 bridgehead atoms. The molecule has 0 nitrogen and oxygen atoms in total. The van der Waals surface area contributed by atoms with Crippen LogP contribution in [0.1, 0.15) is 0 Å². The number of rotatable bonds is 2. The van der Waals surface area contributed by atoms with Crippen molar-refractivity contribution in [2.45, 2.75) is 0 Å². The topological polar surface area (TPSA) is 0 Å². The van der Waals surface area contributed by atoms with Crippen LogP contribution in [-0.4, -0.2) is 0 Å². The molecule has 1 heterocycles. The molecule has 0 amide bonds. The van der Waals surface area contributed by atoms with Crippen LogP contribution in [0.15, 0.2) is 146 Å². The summed E-state index contributed by atoms with van der Waals surface area (Å²) in [5.74, 6) is 0. The fourth-order valence-electron chi connectivity index (χ4n) is 6.65. The molecule has 0 radical (unpaired) electrons. The van der Waals surface area contributed by atoms with Gasteiger partial charge in [-0.15, -0.1) is 11.3 Å². The molecule has 0 unspecified atom stereocenters. The van der Waals surface area contributed by atoms with Crippen LogP contribution in [-0.2, 0) is 0 Å². The first-order valence-electron chi connectivity index (χ1n) is 14.1. The molecule has 0 N–H and O–H groups in total. The minimum Gasteiger partial charge on any atom is -0.135 e. The van der Waals surface area contributed by atoms with Gasteiger partial charge < -0.3 is 0 Å². The normalized spacial score (nSPS) is 11.9. The molecule has 0 fully saturated rings. The predicted molar refractivity (Wildman–Crippen MR) is 180 cm³/mol. The molecule has 0 spiro atoms. The van der Waals surface area contributed by atoms with Gasteiger partial charge in [0.25, 0.3) is 0 Å². The number of hydrogen-bond donors (Lipinski definition) is 0. The molecule has 190 valence electrons. The van der Waals surface area contributed by atoms with E-state index in [9.17, 15) is 0 Å². The van der Waals surface area contributed by atoms with Crippen LogP contribution >= 0.6 is 11.3 Å². The number of hydrogen-bond acceptors (Lipinski definition) is 1. The molecule has 0 aliphatic rings. The Morgan fingerprint density at radius 2 is 0.829 bits per heavy atom. The molecule has 8 aromatic carbocycles. The van der Waals surface area contributed by atoms with E-state index in [4.69, 9.17) is 0 Å². The second-order valence-electron chi connectivity index (χ2n) is 10.9. The molecule has 0 saturated heterocycles. The Balaban J connectivity index is 1.18. The van der Waals surface area contributed by atoms with E-state index in [0.29, 0.717) is 0 Å². The molecule has 9 rings (SSSR count). The van der Waals surface area contributed by atoms with Crippen molar-refractivity contribution in [1.29, 1.82) is 0 Å². The molecule has 41 heavy (non-hydrogen) atoms. The summed E-state index contributed by atoms with van der Waals surface area (Å²) in [5.41, 5.74) is 5.07. The van der Waals surface area contributed by atoms with Crippen molar-refractivity contribution in [2.24, 2.45) is 0 Å². The summed E-state index contributed by atoms with van der Waals surface area (Å²) in [4.78, 5) is 0. The molecule has 0 aliphatic heterocycles. The summed E-state index contributed by atoms with van der Waals surface area (Å²) < 4.78 is 2.71. The first kappa shape index (κ1) is 22.8. The Hall–Kier alpha value is -4.98. The van der Waals surface area contributed by atoms with Crippen molar-refractivity contribution in [3.63, 3.8) is 0 Å². The zero-order valence-corrected chi connectivity index (χ0v) is 23.1. The number of benzene rings is 8. The maximum Gasteiger partial charge on any atom is 0.0433 e. The Labute approximate surface area is 241 Å². The van der Waals surface area contributed by atoms with Crippen LogP contribution in [0.25, 0.3) is 85.5 Å². The molecule has 1 heteroatoms. The highest BCUT2D eigenvalue weighted by molar-refractivity contribution is 7.26. The Kier molecular flexibility index (Phi) is 4.87. The number of thiophene rings is 1. The van der Waals surface area contributed by atoms with Gasteiger partial charge in [-0.3, -0.25) is 0 Å². The minimum absolute atomic E-state index is 1.25. The summed E-state index contributed by atoms with van der Waals surface area (Å²) in [6.07, 6.45) is 0. The summed E-state index contributed by atoms with van der Waals surface area (Å²) in [7, 11) is 0. The summed E-state index contributed by atoms with van der Waals surface area (Å²) >= 11 is 1.89. The largest absolute Gasteiger partial charge is 0.135 e. The van der Waals surface area contributed by atoms with Gasteiger partial charge in [-0.2, -0.15) is 0 Å². The average molecular weight is 537 g/mol. The van der Waals surface area contributed by atoms with E-state index in [1.807, 2.05) is 11.3 Å². The molecule has 9 aromatic rings. The van der Waals surface area contributed by atoms with E-state index < -0.39 is 0 Å². The van der Waals surface area contributed by atoms with Crippen molar-refractivity contribution >= 4 is 74.6 Å². The van der Waals surface area contributed by atoms with Crippen molar-refractivity contribution in [3.05, 3.63) is 146 Å². The second kappa shape index (κ2) is 8.76. The first-order chi connectivity index (χ1) is 20.3. The molecule has 0 saturated carbocycles. The fourth-order valence-corrected chi connectivity index (χ4v) is 7.89. The lowest BCUT2D eigenvalue weighted by Gasteiger charge is -2.12. The molecule has 0 aliphatic carbocycles. The highest BCUT2D eigenvalue weighted by atomic mass is 32.1. The minimum atomic E-state index is 1.25. The van der Waals surface area contributed by atoms with Gasteiger partial charge in [-0.05, 0) is 89.6 Å². The number of fused-ring (bicyclic) bond motifs is 10.